The van der Waals surface area contributed by atoms with E-state index in [1.807, 2.05) is 0 Å². The van der Waals surface area contributed by atoms with Crippen molar-refractivity contribution in [2.75, 3.05) is 0 Å². The van der Waals surface area contributed by atoms with Gasteiger partial charge in [0.05, 0.1) is 7.85 Å². The summed E-state index contributed by atoms with van der Waals surface area (Å²) in [6.45, 7) is 2.63. The van der Waals surface area contributed by atoms with Crippen molar-refractivity contribution in [3.05, 3.63) is 0 Å². The predicted octanol–water partition coefficient (Wildman–Crippen LogP) is 5.74. The minimum absolute atomic E-state index is 0.941. The normalized spacial score (nSPS) is 85.6. The molecule has 13 aliphatic rings. The molecule has 1 heteroatoms. The second-order valence-corrected chi connectivity index (χ2v) is 17.4. The Balaban J connectivity index is 0.948. The van der Waals surface area contributed by atoms with Gasteiger partial charge in [-0.15, -0.1) is 0 Å². The smallest absolute Gasteiger partial charge is 0.0653 e. The van der Waals surface area contributed by atoms with Crippen LogP contribution in [-0.4, -0.2) is 7.85 Å². The summed E-state index contributed by atoms with van der Waals surface area (Å²) in [5.41, 5.74) is 0. The predicted molar refractivity (Wildman–Crippen MR) is 130 cm³/mol. The van der Waals surface area contributed by atoms with E-state index in [2.05, 4.69) is 6.92 Å². The highest BCUT2D eigenvalue weighted by Crippen LogP contribution is 2.98. The van der Waals surface area contributed by atoms with Gasteiger partial charge in [-0.3, -0.25) is 0 Å². The molecule has 13 saturated carbocycles. The SMILES string of the molecule is [B]CCCC1CC2C(CC)C3CC4C3C3C4C4C3C3C4C4C3C3C5C6C7C8C2C1C8C7C6C5C43. The summed E-state index contributed by atoms with van der Waals surface area (Å²) in [6, 6.07) is 0. The molecule has 13 rings (SSSR count). The van der Waals surface area contributed by atoms with Crippen molar-refractivity contribution in [2.45, 2.75) is 45.3 Å². The molecule has 0 bridgehead atoms. The van der Waals surface area contributed by atoms with E-state index < -0.39 is 0 Å². The maximum atomic E-state index is 6.08. The zero-order valence-corrected chi connectivity index (χ0v) is 20.8. The fourth-order valence-electron chi connectivity index (χ4n) is 19.1. The summed E-state index contributed by atoms with van der Waals surface area (Å²) >= 11 is 0. The van der Waals surface area contributed by atoms with Crippen LogP contribution in [0.4, 0.5) is 0 Å². The molecule has 176 valence electrons. The maximum Gasteiger partial charge on any atom is 0.0653 e. The van der Waals surface area contributed by atoms with Crippen molar-refractivity contribution in [1.29, 1.82) is 0 Å². The van der Waals surface area contributed by atoms with Crippen LogP contribution in [0.15, 0.2) is 0 Å². The molecule has 0 nitrogen and oxygen atoms in total. The van der Waals surface area contributed by atoms with Gasteiger partial charge in [0.15, 0.2) is 0 Å². The van der Waals surface area contributed by atoms with Crippen molar-refractivity contribution in [3.8, 4) is 0 Å². The van der Waals surface area contributed by atoms with E-state index in [4.69, 9.17) is 7.85 Å². The van der Waals surface area contributed by atoms with Gasteiger partial charge in [-0.25, -0.2) is 0 Å². The molecule has 26 unspecified atom stereocenters. The Morgan fingerprint density at radius 3 is 1.38 bits per heavy atom. The van der Waals surface area contributed by atoms with Gasteiger partial charge in [-0.2, -0.15) is 0 Å². The van der Waals surface area contributed by atoms with E-state index >= 15 is 0 Å². The molecule has 2 radical (unpaired) electrons. The van der Waals surface area contributed by atoms with Gasteiger partial charge < -0.3 is 0 Å². The van der Waals surface area contributed by atoms with Gasteiger partial charge in [-0.1, -0.05) is 32.5 Å². The molecule has 26 atom stereocenters. The van der Waals surface area contributed by atoms with Crippen LogP contribution < -0.4 is 0 Å². The molecule has 13 aliphatic carbocycles. The van der Waals surface area contributed by atoms with Crippen LogP contribution in [0.1, 0.15) is 39.0 Å². The lowest BCUT2D eigenvalue weighted by Crippen LogP contribution is -2.95. The van der Waals surface area contributed by atoms with Gasteiger partial charge in [0, 0.05) is 0 Å². The maximum absolute atomic E-state index is 6.08. The van der Waals surface area contributed by atoms with E-state index in [1.165, 1.54) is 155 Å². The van der Waals surface area contributed by atoms with Crippen LogP contribution in [0.5, 0.6) is 0 Å². The first-order valence-electron chi connectivity index (χ1n) is 16.6. The van der Waals surface area contributed by atoms with Crippen molar-refractivity contribution in [1.82, 2.24) is 0 Å². The van der Waals surface area contributed by atoms with Gasteiger partial charge >= 0.3 is 0 Å². The molecule has 0 aromatic heterocycles. The van der Waals surface area contributed by atoms with Gasteiger partial charge in [-0.05, 0) is 167 Å². The summed E-state index contributed by atoms with van der Waals surface area (Å²) in [5, 5.41) is 0. The molecule has 0 amide bonds. The van der Waals surface area contributed by atoms with Crippen molar-refractivity contribution in [3.63, 3.8) is 0 Å². The van der Waals surface area contributed by atoms with Crippen molar-refractivity contribution >= 4 is 7.85 Å². The highest BCUT2D eigenvalue weighted by atomic mass is 15.0. The third kappa shape index (κ3) is 1.24. The van der Waals surface area contributed by atoms with Gasteiger partial charge in [0.1, 0.15) is 0 Å². The van der Waals surface area contributed by atoms with E-state index in [0.29, 0.717) is 0 Å². The Bertz CT molecular complexity index is 1080. The molecule has 0 aromatic rings. The first-order valence-corrected chi connectivity index (χ1v) is 16.6. The standard InChI is InChI=1S/C33H41B/c1-2-9-10-6-8(4-3-5-34)13-15(10)19-17(13)21-23(19)27-25(21)29-31(27)33-30-26-22-18-14-11(9)7-12(14)16(18)20(22)24(26)28(30)32(29)33/h8-33H,2-7H2,1H3. The van der Waals surface area contributed by atoms with Crippen LogP contribution in [0.25, 0.3) is 0 Å². The Labute approximate surface area is 206 Å². The first kappa shape index (κ1) is 17.6. The van der Waals surface area contributed by atoms with Crippen molar-refractivity contribution in [2.24, 2.45) is 154 Å². The zero-order chi connectivity index (χ0) is 21.3. The number of hydrogen-bond acceptors (Lipinski definition) is 0. The third-order valence-corrected chi connectivity index (χ3v) is 18.9. The highest BCUT2D eigenvalue weighted by molar-refractivity contribution is 6.08. The average molecular weight is 449 g/mol. The molecule has 34 heavy (non-hydrogen) atoms. The molecule has 0 aliphatic heterocycles. The second-order valence-electron chi connectivity index (χ2n) is 17.4. The molecule has 0 spiro atoms. The molecule has 0 saturated heterocycles. The molecular formula is C33H41B. The van der Waals surface area contributed by atoms with E-state index in [9.17, 15) is 0 Å². The fourth-order valence-corrected chi connectivity index (χ4v) is 19.1. The monoisotopic (exact) mass is 448 g/mol. The zero-order valence-electron chi connectivity index (χ0n) is 20.8. The van der Waals surface area contributed by atoms with Crippen LogP contribution in [0, 0.1) is 154 Å². The van der Waals surface area contributed by atoms with Crippen LogP contribution in [0.3, 0.4) is 0 Å². The Morgan fingerprint density at radius 1 is 0.471 bits per heavy atom. The molecular weight excluding hydrogens is 407 g/mol. The lowest BCUT2D eigenvalue weighted by molar-refractivity contribution is -0.517. The summed E-state index contributed by atoms with van der Waals surface area (Å²) in [5.74, 6) is 32.3. The van der Waals surface area contributed by atoms with Gasteiger partial charge in [0.25, 0.3) is 0 Å². The molecule has 0 heterocycles. The summed E-state index contributed by atoms with van der Waals surface area (Å²) in [7, 11) is 6.08. The second kappa shape index (κ2) is 4.81. The van der Waals surface area contributed by atoms with Crippen molar-refractivity contribution < 1.29 is 0 Å². The quantitative estimate of drug-likeness (QED) is 0.481. The molecule has 0 N–H and O–H groups in total. The Hall–Kier alpha value is 0.0649. The van der Waals surface area contributed by atoms with E-state index in [1.54, 1.807) is 12.8 Å². The average Bonchev–Trinajstić information content (AvgIpc) is 3.08. The summed E-state index contributed by atoms with van der Waals surface area (Å²) < 4.78 is 0. The minimum atomic E-state index is 0.941. The summed E-state index contributed by atoms with van der Waals surface area (Å²) in [4.78, 5) is 0. The third-order valence-electron chi connectivity index (χ3n) is 18.9. The topological polar surface area (TPSA) is 0 Å². The molecule has 0 aromatic carbocycles. The number of fused-ring (bicyclic) bond motifs is 10. The highest BCUT2D eigenvalue weighted by Gasteiger charge is 2.95. The minimum Gasteiger partial charge on any atom is -0.0887 e. The lowest BCUT2D eigenvalue weighted by atomic mass is 9.06. The summed E-state index contributed by atoms with van der Waals surface area (Å²) in [6.07, 6.45) is 8.62. The molecule has 13 fully saturated rings. The fraction of sp³-hybridized carbons (Fsp3) is 1.00. The Kier molecular flexibility index (Phi) is 2.48. The number of rotatable bonds is 4. The number of hydrogen-bond donors (Lipinski definition) is 0. The van der Waals surface area contributed by atoms with Crippen LogP contribution >= 0.6 is 0 Å². The van der Waals surface area contributed by atoms with Crippen LogP contribution in [0.2, 0.25) is 6.32 Å². The largest absolute Gasteiger partial charge is 0.0887 e. The van der Waals surface area contributed by atoms with E-state index in [0.717, 1.165) is 24.1 Å². The van der Waals surface area contributed by atoms with E-state index in [-0.39, 0.29) is 0 Å². The first-order chi connectivity index (χ1) is 16.9. The van der Waals surface area contributed by atoms with Crippen LogP contribution in [-0.2, 0) is 0 Å². The Morgan fingerprint density at radius 2 is 0.882 bits per heavy atom. The lowest BCUT2D eigenvalue weighted by Gasteiger charge is -2.98. The van der Waals surface area contributed by atoms with Gasteiger partial charge in [0.2, 0.25) is 0 Å².